The summed E-state index contributed by atoms with van der Waals surface area (Å²) in [6.07, 6.45) is 0.0412. The summed E-state index contributed by atoms with van der Waals surface area (Å²) in [7, 11) is 0. The van der Waals surface area contributed by atoms with E-state index in [0.717, 1.165) is 22.3 Å². The fourth-order valence-corrected chi connectivity index (χ4v) is 2.05. The molecule has 0 aliphatic heterocycles. The van der Waals surface area contributed by atoms with Gasteiger partial charge in [0.2, 0.25) is 0 Å². The first kappa shape index (κ1) is 21.9. The molecule has 2 aromatic rings. The molecule has 2 aromatic carbocycles. The highest BCUT2D eigenvalue weighted by Gasteiger charge is 2.01. The second kappa shape index (κ2) is 11.4. The Labute approximate surface area is 156 Å². The van der Waals surface area contributed by atoms with Crippen molar-refractivity contribution in [3.63, 3.8) is 0 Å². The average Bonchev–Trinajstić information content (AvgIpc) is 2.61. The lowest BCUT2D eigenvalue weighted by Crippen LogP contribution is -2.01. The number of hydrogen-bond donors (Lipinski definition) is 3. The number of hydrogen-bond acceptors (Lipinski definition) is 5. The molecule has 0 amide bonds. The van der Waals surface area contributed by atoms with Crippen molar-refractivity contribution in [1.29, 1.82) is 0 Å². The number of carbonyl (C=O) groups excluding carboxylic acids is 1. The monoisotopic (exact) mass is 374 g/mol. The number of carboxylic acid groups (broad SMARTS) is 2. The fourth-order valence-electron chi connectivity index (χ4n) is 2.05. The van der Waals surface area contributed by atoms with Crippen LogP contribution in [0.3, 0.4) is 0 Å². The van der Waals surface area contributed by atoms with Crippen LogP contribution in [0.2, 0.25) is 0 Å². The molecule has 3 N–H and O–H groups in total. The molecule has 0 atom stereocenters. The van der Waals surface area contributed by atoms with Gasteiger partial charge in [0, 0.05) is 6.92 Å². The van der Waals surface area contributed by atoms with Crippen molar-refractivity contribution in [3.05, 3.63) is 70.8 Å². The van der Waals surface area contributed by atoms with Crippen molar-refractivity contribution in [2.24, 2.45) is 0 Å². The first-order valence-corrected chi connectivity index (χ1v) is 8.13. The lowest BCUT2D eigenvalue weighted by atomic mass is 10.1. The van der Waals surface area contributed by atoms with Crippen LogP contribution in [0.1, 0.15) is 29.2 Å². The molecule has 144 valence electrons. The SMILES string of the molecule is CC(=O)OCc1ccc(CC(=O)O)cc1.O=C(O)Cc1ccc(CO)cc1. The summed E-state index contributed by atoms with van der Waals surface area (Å²) >= 11 is 0. The minimum Gasteiger partial charge on any atom is -0.481 e. The lowest BCUT2D eigenvalue weighted by molar-refractivity contribution is -0.142. The van der Waals surface area contributed by atoms with E-state index in [9.17, 15) is 14.4 Å². The maximum absolute atomic E-state index is 10.5. The number of carboxylic acids is 2. The summed E-state index contributed by atoms with van der Waals surface area (Å²) < 4.78 is 4.79. The van der Waals surface area contributed by atoms with Gasteiger partial charge in [-0.2, -0.15) is 0 Å². The Morgan fingerprint density at radius 1 is 0.741 bits per heavy atom. The number of aliphatic hydroxyl groups excluding tert-OH is 1. The quantitative estimate of drug-likeness (QED) is 0.635. The van der Waals surface area contributed by atoms with E-state index in [0.29, 0.717) is 0 Å². The van der Waals surface area contributed by atoms with Gasteiger partial charge in [0.1, 0.15) is 6.61 Å². The number of benzene rings is 2. The summed E-state index contributed by atoms with van der Waals surface area (Å²) in [6.45, 7) is 1.56. The molecule has 0 bridgehead atoms. The lowest BCUT2D eigenvalue weighted by Gasteiger charge is -2.02. The zero-order chi connectivity index (χ0) is 20.2. The Morgan fingerprint density at radius 3 is 1.44 bits per heavy atom. The molecule has 0 heterocycles. The molecule has 0 saturated heterocycles. The van der Waals surface area contributed by atoms with Crippen LogP contribution >= 0.6 is 0 Å². The molecule has 7 heteroatoms. The van der Waals surface area contributed by atoms with Gasteiger partial charge in [0.05, 0.1) is 19.4 Å². The Hall–Kier alpha value is -3.19. The van der Waals surface area contributed by atoms with Crippen LogP contribution in [0.25, 0.3) is 0 Å². The van der Waals surface area contributed by atoms with Crippen LogP contribution in [0.4, 0.5) is 0 Å². The highest BCUT2D eigenvalue weighted by molar-refractivity contribution is 5.70. The van der Waals surface area contributed by atoms with Crippen molar-refractivity contribution in [2.75, 3.05) is 0 Å². The zero-order valence-corrected chi connectivity index (χ0v) is 14.9. The van der Waals surface area contributed by atoms with E-state index >= 15 is 0 Å². The molecule has 0 aliphatic carbocycles. The minimum absolute atomic E-state index is 0.00660. The number of rotatable bonds is 7. The summed E-state index contributed by atoms with van der Waals surface area (Å²) in [5, 5.41) is 25.7. The van der Waals surface area contributed by atoms with Crippen molar-refractivity contribution in [2.45, 2.75) is 33.0 Å². The van der Waals surface area contributed by atoms with E-state index in [1.165, 1.54) is 6.92 Å². The molecule has 0 unspecified atom stereocenters. The molecule has 0 spiro atoms. The molecular weight excluding hydrogens is 352 g/mol. The molecule has 0 fully saturated rings. The maximum Gasteiger partial charge on any atom is 0.307 e. The van der Waals surface area contributed by atoms with Gasteiger partial charge >= 0.3 is 17.9 Å². The number of aliphatic carboxylic acids is 2. The summed E-state index contributed by atoms with van der Waals surface area (Å²) in [6, 6.07) is 13.8. The molecule has 0 saturated carbocycles. The number of ether oxygens (including phenoxy) is 1. The minimum atomic E-state index is -0.859. The van der Waals surface area contributed by atoms with Crippen LogP contribution in [0.5, 0.6) is 0 Å². The van der Waals surface area contributed by atoms with Crippen molar-refractivity contribution >= 4 is 17.9 Å². The largest absolute Gasteiger partial charge is 0.481 e. The molecule has 0 radical (unpaired) electrons. The fraction of sp³-hybridized carbons (Fsp3) is 0.250. The third-order valence-electron chi connectivity index (χ3n) is 3.38. The van der Waals surface area contributed by atoms with Gasteiger partial charge in [-0.25, -0.2) is 0 Å². The molecule has 0 aromatic heterocycles. The Kier molecular flexibility index (Phi) is 9.25. The topological polar surface area (TPSA) is 121 Å². The van der Waals surface area contributed by atoms with Crippen LogP contribution in [-0.2, 0) is 45.2 Å². The van der Waals surface area contributed by atoms with Gasteiger partial charge in [-0.05, 0) is 22.3 Å². The van der Waals surface area contributed by atoms with Gasteiger partial charge in [0.15, 0.2) is 0 Å². The predicted molar refractivity (Wildman–Crippen MR) is 97.0 cm³/mol. The number of carbonyl (C=O) groups is 3. The van der Waals surface area contributed by atoms with Gasteiger partial charge in [-0.15, -0.1) is 0 Å². The standard InChI is InChI=1S/C11H12O4.C9H10O3/c1-8(12)15-7-10-4-2-9(3-5-10)6-11(13)14;10-6-8-3-1-7(2-4-8)5-9(11)12/h2-5H,6-7H2,1H3,(H,13,14);1-4,10H,5-6H2,(H,11,12). The zero-order valence-electron chi connectivity index (χ0n) is 14.9. The van der Waals surface area contributed by atoms with E-state index in [-0.39, 0.29) is 32.0 Å². The van der Waals surface area contributed by atoms with Crippen LogP contribution in [0, 0.1) is 0 Å². The Morgan fingerprint density at radius 2 is 1.11 bits per heavy atom. The van der Waals surface area contributed by atoms with E-state index in [4.69, 9.17) is 20.1 Å². The predicted octanol–water partition coefficient (Wildman–Crippen LogP) is 2.18. The van der Waals surface area contributed by atoms with E-state index in [1.807, 2.05) is 0 Å². The van der Waals surface area contributed by atoms with Gasteiger partial charge in [-0.1, -0.05) is 48.5 Å². The maximum atomic E-state index is 10.5. The summed E-state index contributed by atoms with van der Waals surface area (Å²) in [5.41, 5.74) is 3.12. The Bertz CT molecular complexity index is 749. The number of esters is 1. The van der Waals surface area contributed by atoms with Crippen molar-refractivity contribution in [1.82, 2.24) is 0 Å². The third-order valence-corrected chi connectivity index (χ3v) is 3.38. The summed E-state index contributed by atoms with van der Waals surface area (Å²) in [5.74, 6) is -2.03. The van der Waals surface area contributed by atoms with Gasteiger partial charge < -0.3 is 20.1 Å². The third kappa shape index (κ3) is 9.76. The average molecular weight is 374 g/mol. The number of aliphatic hydroxyl groups is 1. The van der Waals surface area contributed by atoms with Crippen LogP contribution < -0.4 is 0 Å². The Balaban J connectivity index is 0.000000277. The first-order valence-electron chi connectivity index (χ1n) is 8.13. The van der Waals surface area contributed by atoms with Crippen LogP contribution in [0.15, 0.2) is 48.5 Å². The first-order chi connectivity index (χ1) is 12.8. The highest BCUT2D eigenvalue weighted by atomic mass is 16.5. The molecule has 2 rings (SSSR count). The molecule has 7 nitrogen and oxygen atoms in total. The molecular formula is C20H22O7. The molecule has 27 heavy (non-hydrogen) atoms. The van der Waals surface area contributed by atoms with E-state index in [2.05, 4.69) is 0 Å². The van der Waals surface area contributed by atoms with Crippen molar-refractivity contribution < 1.29 is 34.4 Å². The van der Waals surface area contributed by atoms with E-state index < -0.39 is 11.9 Å². The van der Waals surface area contributed by atoms with Gasteiger partial charge in [-0.3, -0.25) is 14.4 Å². The van der Waals surface area contributed by atoms with Crippen molar-refractivity contribution in [3.8, 4) is 0 Å². The normalized spacial score (nSPS) is 9.70. The highest BCUT2D eigenvalue weighted by Crippen LogP contribution is 2.07. The van der Waals surface area contributed by atoms with Gasteiger partial charge in [0.25, 0.3) is 0 Å². The smallest absolute Gasteiger partial charge is 0.307 e. The second-order valence-electron chi connectivity index (χ2n) is 5.71. The van der Waals surface area contributed by atoms with E-state index in [1.54, 1.807) is 48.5 Å². The second-order valence-corrected chi connectivity index (χ2v) is 5.71. The van der Waals surface area contributed by atoms with Crippen LogP contribution in [-0.4, -0.2) is 33.2 Å². The molecule has 0 aliphatic rings. The summed E-state index contributed by atoms with van der Waals surface area (Å²) in [4.78, 5) is 31.2.